The SMILES string of the molecule is CC(C)N(CC1CCNCC1)S(=O)(=O)C1CCCCC1. The van der Waals surface area contributed by atoms with E-state index < -0.39 is 10.0 Å². The third-order valence-corrected chi connectivity index (χ3v) is 7.31. The molecule has 1 saturated carbocycles. The summed E-state index contributed by atoms with van der Waals surface area (Å²) in [7, 11) is -3.11. The molecule has 1 N–H and O–H groups in total. The van der Waals surface area contributed by atoms with Crippen LogP contribution in [-0.2, 0) is 10.0 Å². The summed E-state index contributed by atoms with van der Waals surface area (Å²) >= 11 is 0. The standard InChI is InChI=1S/C15H30N2O2S/c1-13(2)17(12-14-8-10-16-11-9-14)20(18,19)15-6-4-3-5-7-15/h13-16H,3-12H2,1-2H3. The summed E-state index contributed by atoms with van der Waals surface area (Å²) in [6, 6.07) is 0.0804. The molecule has 2 rings (SSSR count). The van der Waals surface area contributed by atoms with Crippen molar-refractivity contribution in [2.45, 2.75) is 70.1 Å². The van der Waals surface area contributed by atoms with E-state index in [1.807, 2.05) is 13.8 Å². The summed E-state index contributed by atoms with van der Waals surface area (Å²) in [5, 5.41) is 3.23. The van der Waals surface area contributed by atoms with Crippen molar-refractivity contribution in [2.75, 3.05) is 19.6 Å². The zero-order chi connectivity index (χ0) is 14.6. The molecular formula is C15H30N2O2S. The van der Waals surface area contributed by atoms with Gasteiger partial charge in [0.2, 0.25) is 10.0 Å². The molecule has 5 heteroatoms. The molecule has 0 aromatic rings. The molecule has 20 heavy (non-hydrogen) atoms. The van der Waals surface area contributed by atoms with Gasteiger partial charge < -0.3 is 5.32 Å². The maximum absolute atomic E-state index is 12.9. The van der Waals surface area contributed by atoms with Crippen molar-refractivity contribution in [1.82, 2.24) is 9.62 Å². The molecule has 0 unspecified atom stereocenters. The van der Waals surface area contributed by atoms with Crippen LogP contribution in [0.2, 0.25) is 0 Å². The molecule has 1 saturated heterocycles. The van der Waals surface area contributed by atoms with Crippen molar-refractivity contribution < 1.29 is 8.42 Å². The fourth-order valence-electron chi connectivity index (χ4n) is 3.48. The fraction of sp³-hybridized carbons (Fsp3) is 1.00. The molecule has 0 atom stereocenters. The number of nitrogens with one attached hydrogen (secondary N) is 1. The number of rotatable bonds is 5. The highest BCUT2D eigenvalue weighted by molar-refractivity contribution is 7.89. The summed E-state index contributed by atoms with van der Waals surface area (Å²) in [4.78, 5) is 0. The molecule has 2 aliphatic rings. The van der Waals surface area contributed by atoms with Crippen molar-refractivity contribution in [3.63, 3.8) is 0 Å². The molecule has 0 aromatic carbocycles. The van der Waals surface area contributed by atoms with Gasteiger partial charge in [0.05, 0.1) is 5.25 Å². The number of nitrogens with zero attached hydrogens (tertiary/aromatic N) is 1. The van der Waals surface area contributed by atoms with Gasteiger partial charge in [0, 0.05) is 12.6 Å². The van der Waals surface area contributed by atoms with Gasteiger partial charge in [-0.3, -0.25) is 0 Å². The lowest BCUT2D eigenvalue weighted by Crippen LogP contribution is -2.47. The van der Waals surface area contributed by atoms with E-state index in [1.54, 1.807) is 4.31 Å². The van der Waals surface area contributed by atoms with Gasteiger partial charge in [-0.05, 0) is 58.5 Å². The van der Waals surface area contributed by atoms with E-state index in [9.17, 15) is 8.42 Å². The van der Waals surface area contributed by atoms with Crippen LogP contribution in [0.15, 0.2) is 0 Å². The lowest BCUT2D eigenvalue weighted by Gasteiger charge is -2.35. The molecule has 2 fully saturated rings. The summed E-state index contributed by atoms with van der Waals surface area (Å²) in [5.74, 6) is 0.525. The van der Waals surface area contributed by atoms with Crippen LogP contribution in [0.5, 0.6) is 0 Å². The highest BCUT2D eigenvalue weighted by atomic mass is 32.2. The quantitative estimate of drug-likeness (QED) is 0.848. The summed E-state index contributed by atoms with van der Waals surface area (Å²) in [5.41, 5.74) is 0. The smallest absolute Gasteiger partial charge is 0.217 e. The number of piperidine rings is 1. The van der Waals surface area contributed by atoms with E-state index in [2.05, 4.69) is 5.32 Å². The van der Waals surface area contributed by atoms with Crippen LogP contribution in [0, 0.1) is 5.92 Å². The van der Waals surface area contributed by atoms with Gasteiger partial charge in [-0.15, -0.1) is 0 Å². The van der Waals surface area contributed by atoms with Crippen LogP contribution >= 0.6 is 0 Å². The predicted molar refractivity (Wildman–Crippen MR) is 83.2 cm³/mol. The molecule has 118 valence electrons. The lowest BCUT2D eigenvalue weighted by atomic mass is 9.98. The Bertz CT molecular complexity index is 383. The molecule has 4 nitrogen and oxygen atoms in total. The molecule has 0 bridgehead atoms. The molecule has 1 aliphatic heterocycles. The van der Waals surface area contributed by atoms with Gasteiger partial charge in [-0.25, -0.2) is 8.42 Å². The molecule has 0 spiro atoms. The largest absolute Gasteiger partial charge is 0.317 e. The van der Waals surface area contributed by atoms with Crippen LogP contribution in [0.1, 0.15) is 58.8 Å². The lowest BCUT2D eigenvalue weighted by molar-refractivity contribution is 0.256. The van der Waals surface area contributed by atoms with Gasteiger partial charge >= 0.3 is 0 Å². The van der Waals surface area contributed by atoms with Crippen LogP contribution < -0.4 is 5.32 Å². The van der Waals surface area contributed by atoms with Crippen molar-refractivity contribution >= 4 is 10.0 Å². The van der Waals surface area contributed by atoms with Crippen LogP contribution in [0.25, 0.3) is 0 Å². The average Bonchev–Trinajstić information content (AvgIpc) is 2.46. The first-order valence-electron chi connectivity index (χ1n) is 8.23. The van der Waals surface area contributed by atoms with Gasteiger partial charge in [-0.1, -0.05) is 19.3 Å². The van der Waals surface area contributed by atoms with Crippen LogP contribution in [0.3, 0.4) is 0 Å². The molecule has 0 amide bonds. The zero-order valence-corrected chi connectivity index (χ0v) is 13.8. The summed E-state index contributed by atoms with van der Waals surface area (Å²) in [6.45, 7) is 6.81. The minimum absolute atomic E-state index is 0.0804. The normalized spacial score (nSPS) is 23.6. The van der Waals surface area contributed by atoms with Crippen LogP contribution in [-0.4, -0.2) is 43.6 Å². The number of hydrogen-bond donors (Lipinski definition) is 1. The van der Waals surface area contributed by atoms with E-state index in [0.29, 0.717) is 5.92 Å². The number of hydrogen-bond acceptors (Lipinski definition) is 3. The first kappa shape index (κ1) is 16.2. The number of sulfonamides is 1. The second kappa shape index (κ2) is 7.23. The fourth-order valence-corrected chi connectivity index (χ4v) is 5.80. The van der Waals surface area contributed by atoms with E-state index >= 15 is 0 Å². The summed E-state index contributed by atoms with van der Waals surface area (Å²) in [6.07, 6.45) is 7.26. The van der Waals surface area contributed by atoms with Crippen molar-refractivity contribution in [1.29, 1.82) is 0 Å². The van der Waals surface area contributed by atoms with Gasteiger partial charge in [-0.2, -0.15) is 4.31 Å². The second-order valence-electron chi connectivity index (χ2n) is 6.66. The Morgan fingerprint density at radius 2 is 1.65 bits per heavy atom. The van der Waals surface area contributed by atoms with Crippen LogP contribution in [0.4, 0.5) is 0 Å². The summed E-state index contributed by atoms with van der Waals surface area (Å²) < 4.78 is 27.6. The van der Waals surface area contributed by atoms with E-state index in [0.717, 1.165) is 58.2 Å². The maximum atomic E-state index is 12.9. The highest BCUT2D eigenvalue weighted by Gasteiger charge is 2.35. The van der Waals surface area contributed by atoms with Crippen molar-refractivity contribution in [2.24, 2.45) is 5.92 Å². The maximum Gasteiger partial charge on any atom is 0.217 e. The van der Waals surface area contributed by atoms with Crippen molar-refractivity contribution in [3.05, 3.63) is 0 Å². The predicted octanol–water partition coefficient (Wildman–Crippen LogP) is 2.36. The van der Waals surface area contributed by atoms with Crippen molar-refractivity contribution in [3.8, 4) is 0 Å². The van der Waals surface area contributed by atoms with Gasteiger partial charge in [0.15, 0.2) is 0 Å². The van der Waals surface area contributed by atoms with Gasteiger partial charge in [0.25, 0.3) is 0 Å². The zero-order valence-electron chi connectivity index (χ0n) is 13.0. The molecule has 0 radical (unpaired) electrons. The average molecular weight is 302 g/mol. The second-order valence-corrected chi connectivity index (χ2v) is 8.83. The van der Waals surface area contributed by atoms with E-state index in [-0.39, 0.29) is 11.3 Å². The Labute approximate surface area is 124 Å². The Morgan fingerprint density at radius 1 is 1.05 bits per heavy atom. The Hall–Kier alpha value is -0.130. The topological polar surface area (TPSA) is 49.4 Å². The Balaban J connectivity index is 2.05. The molecule has 0 aromatic heterocycles. The molecule has 1 aliphatic carbocycles. The van der Waals surface area contributed by atoms with E-state index in [1.165, 1.54) is 6.42 Å². The Morgan fingerprint density at radius 3 is 2.20 bits per heavy atom. The Kier molecular flexibility index (Phi) is 5.87. The monoisotopic (exact) mass is 302 g/mol. The first-order valence-corrected chi connectivity index (χ1v) is 9.73. The molecular weight excluding hydrogens is 272 g/mol. The third kappa shape index (κ3) is 3.95. The minimum atomic E-state index is -3.11. The first-order chi connectivity index (χ1) is 9.51. The molecule has 1 heterocycles. The van der Waals surface area contributed by atoms with Gasteiger partial charge in [0.1, 0.15) is 0 Å². The highest BCUT2D eigenvalue weighted by Crippen LogP contribution is 2.28. The third-order valence-electron chi connectivity index (χ3n) is 4.77. The van der Waals surface area contributed by atoms with E-state index in [4.69, 9.17) is 0 Å². The minimum Gasteiger partial charge on any atom is -0.317 e.